The van der Waals surface area contributed by atoms with Crippen LogP contribution in [0.25, 0.3) is 0 Å². The largest absolute Gasteiger partial charge is 0.338 e. The molecule has 2 heterocycles. The van der Waals surface area contributed by atoms with Gasteiger partial charge in [-0.3, -0.25) is 4.79 Å². The molecule has 28 heavy (non-hydrogen) atoms. The predicted molar refractivity (Wildman–Crippen MR) is 105 cm³/mol. The van der Waals surface area contributed by atoms with Crippen LogP contribution in [0.15, 0.2) is 30.6 Å². The number of aromatic nitrogens is 2. The highest BCUT2D eigenvalue weighted by Crippen LogP contribution is 2.32. The number of alkyl halides is 1. The average Bonchev–Trinajstić information content (AvgIpc) is 2.82. The van der Waals surface area contributed by atoms with Gasteiger partial charge in [0.2, 0.25) is 0 Å². The maximum Gasteiger partial charge on any atom is 0.253 e. The lowest BCUT2D eigenvalue weighted by Crippen LogP contribution is -2.44. The lowest BCUT2D eigenvalue weighted by atomic mass is 9.88. The Bertz CT molecular complexity index is 1280. The molecule has 0 spiro atoms. The third-order valence-corrected chi connectivity index (χ3v) is 4.05. The van der Waals surface area contributed by atoms with Crippen LogP contribution in [0, 0.1) is 5.82 Å². The molecule has 1 aliphatic heterocycles. The molecule has 4 nitrogen and oxygen atoms in total. The van der Waals surface area contributed by atoms with E-state index in [0.717, 1.165) is 18.5 Å². The molecule has 0 saturated carbocycles. The molecule has 1 fully saturated rings. The Labute approximate surface area is 185 Å². The van der Waals surface area contributed by atoms with Crippen LogP contribution < -0.4 is 0 Å². The summed E-state index contributed by atoms with van der Waals surface area (Å²) in [5, 5.41) is -0.628. The zero-order valence-electron chi connectivity index (χ0n) is 26.7. The van der Waals surface area contributed by atoms with Crippen LogP contribution >= 0.6 is 11.6 Å². The molecule has 0 radical (unpaired) electrons. The van der Waals surface area contributed by atoms with Crippen molar-refractivity contribution in [3.05, 3.63) is 58.4 Å². The van der Waals surface area contributed by atoms with E-state index in [1.165, 1.54) is 6.92 Å². The Balaban J connectivity index is 2.08. The number of aryl methyl sites for hydroxylation is 2. The van der Waals surface area contributed by atoms with Gasteiger partial charge in [0.15, 0.2) is 0 Å². The van der Waals surface area contributed by atoms with Crippen LogP contribution in [0.3, 0.4) is 0 Å². The summed E-state index contributed by atoms with van der Waals surface area (Å²) in [7, 11) is 0. The number of amides is 1. The lowest BCUT2D eigenvalue weighted by molar-refractivity contribution is 0.0389. The maximum absolute atomic E-state index is 16.9. The third-order valence-electron chi connectivity index (χ3n) is 3.76. The van der Waals surface area contributed by atoms with Crippen molar-refractivity contribution < 1.29 is 30.0 Å². The highest BCUT2D eigenvalue weighted by Gasteiger charge is 2.35. The fraction of sp³-hybridized carbons (Fsp3) is 0.476. The van der Waals surface area contributed by atoms with Gasteiger partial charge in [-0.25, -0.2) is 18.7 Å². The van der Waals surface area contributed by atoms with E-state index < -0.39 is 84.2 Å². The fourth-order valence-corrected chi connectivity index (χ4v) is 2.41. The quantitative estimate of drug-likeness (QED) is 0.675. The zero-order valence-corrected chi connectivity index (χ0v) is 15.4. The van der Waals surface area contributed by atoms with Crippen molar-refractivity contribution in [2.24, 2.45) is 0 Å². The summed E-state index contributed by atoms with van der Waals surface area (Å²) >= 11 is 5.65. The Kier molecular flexibility index (Phi) is 3.23. The molecule has 0 bridgehead atoms. The van der Waals surface area contributed by atoms with E-state index >= 15 is 4.39 Å². The molecular formula is C21H24ClF2N3O. The molecule has 0 aliphatic carbocycles. The fourth-order valence-electron chi connectivity index (χ4n) is 2.23. The highest BCUT2D eigenvalue weighted by molar-refractivity contribution is 6.31. The van der Waals surface area contributed by atoms with Crippen molar-refractivity contribution in [1.82, 2.24) is 14.9 Å². The first-order chi connectivity index (χ1) is 17.9. The maximum atomic E-state index is 16.9. The highest BCUT2D eigenvalue weighted by atomic mass is 35.5. The summed E-state index contributed by atoms with van der Waals surface area (Å²) < 4.78 is 129. The van der Waals surface area contributed by atoms with Gasteiger partial charge < -0.3 is 4.90 Å². The number of piperidine rings is 1. The van der Waals surface area contributed by atoms with Crippen LogP contribution in [0.1, 0.15) is 70.7 Å². The standard InChI is InChI=1S/C21H24ClF2N3O/c1-2-15-13-25-19(26-14-15)4-3-7-21(24)8-10-27(11-9-21)20(28)16-5-6-18(23)17(22)12-16/h5-6,12-14H,2-4,7-11H2,1H3/i2D2,7D2,8D2,9D2,10D2,11D2. The predicted octanol–water partition coefficient (Wildman–Crippen LogP) is 4.80. The number of likely N-dealkylation sites (tertiary alicyclic amines) is 1. The average molecular weight is 420 g/mol. The summed E-state index contributed by atoms with van der Waals surface area (Å²) in [6.07, 6.45) is -13.2. The van der Waals surface area contributed by atoms with Crippen LogP contribution in [0.4, 0.5) is 8.78 Å². The van der Waals surface area contributed by atoms with E-state index in [1.54, 1.807) is 0 Å². The first-order valence-corrected chi connectivity index (χ1v) is 8.56. The second-order valence-electron chi connectivity index (χ2n) is 5.72. The molecule has 0 N–H and O–H groups in total. The molecule has 1 aliphatic rings. The van der Waals surface area contributed by atoms with Gasteiger partial charge >= 0.3 is 0 Å². The summed E-state index contributed by atoms with van der Waals surface area (Å²) in [5.41, 5.74) is -5.12. The number of halogens is 3. The molecule has 0 atom stereocenters. The Morgan fingerprint density at radius 2 is 2.04 bits per heavy atom. The summed E-state index contributed by atoms with van der Waals surface area (Å²) in [6, 6.07) is 2.14. The van der Waals surface area contributed by atoms with Crippen molar-refractivity contribution >= 4 is 17.5 Å². The first-order valence-electron chi connectivity index (χ1n) is 14.2. The molecule has 1 amide bonds. The number of nitrogens with zero attached hydrogens (tertiary/aromatic N) is 3. The molecular weight excluding hydrogens is 384 g/mol. The van der Waals surface area contributed by atoms with Gasteiger partial charge in [0, 0.05) is 53.8 Å². The Hall–Kier alpha value is -2.08. The van der Waals surface area contributed by atoms with Gasteiger partial charge in [0.05, 0.1) is 5.02 Å². The molecule has 1 saturated heterocycles. The third kappa shape index (κ3) is 5.04. The van der Waals surface area contributed by atoms with Crippen molar-refractivity contribution in [1.29, 1.82) is 0 Å². The molecule has 7 heteroatoms. The Morgan fingerprint density at radius 1 is 1.36 bits per heavy atom. The monoisotopic (exact) mass is 419 g/mol. The summed E-state index contributed by atoms with van der Waals surface area (Å²) in [4.78, 5) is 20.4. The number of hydrogen-bond acceptors (Lipinski definition) is 3. The van der Waals surface area contributed by atoms with E-state index in [1.807, 2.05) is 0 Å². The van der Waals surface area contributed by atoms with E-state index in [-0.39, 0.29) is 11.4 Å². The van der Waals surface area contributed by atoms with E-state index in [0.29, 0.717) is 12.1 Å². The smallest absolute Gasteiger partial charge is 0.253 e. The van der Waals surface area contributed by atoms with E-state index in [9.17, 15) is 9.18 Å². The van der Waals surface area contributed by atoms with Crippen LogP contribution in [-0.2, 0) is 12.8 Å². The lowest BCUT2D eigenvalue weighted by Gasteiger charge is -2.36. The Morgan fingerprint density at radius 3 is 2.64 bits per heavy atom. The van der Waals surface area contributed by atoms with Crippen molar-refractivity contribution in [3.8, 4) is 0 Å². The molecule has 150 valence electrons. The molecule has 0 unspecified atom stereocenters. The normalized spacial score (nSPS) is 30.8. The molecule has 1 aromatic carbocycles. The second-order valence-corrected chi connectivity index (χ2v) is 6.12. The van der Waals surface area contributed by atoms with Crippen LogP contribution in [-0.4, -0.2) is 39.4 Å². The van der Waals surface area contributed by atoms with Gasteiger partial charge in [-0.2, -0.15) is 0 Å². The van der Waals surface area contributed by atoms with Crippen molar-refractivity contribution in [2.45, 2.75) is 50.9 Å². The van der Waals surface area contributed by atoms with Crippen LogP contribution in [0.2, 0.25) is 5.02 Å². The minimum atomic E-state index is -4.54. The minimum absolute atomic E-state index is 0.0785. The number of rotatable bonds is 6. The number of carbonyl (C=O) groups is 1. The van der Waals surface area contributed by atoms with Gasteiger partial charge in [0.25, 0.3) is 5.91 Å². The number of benzene rings is 1. The number of carbonyl (C=O) groups excluding carboxylic acids is 1. The van der Waals surface area contributed by atoms with Crippen molar-refractivity contribution in [3.63, 3.8) is 0 Å². The van der Waals surface area contributed by atoms with Crippen LogP contribution in [0.5, 0.6) is 0 Å². The SMILES string of the molecule is [2H]C([2H])(C)c1cnc(CCC([2H])([2H])C2(F)C([2H])([2H])C([2H])([2H])N(C(=O)c3ccc(F)c(Cl)c3)C([2H])([2H])C2([2H])[2H])nc1. The second kappa shape index (κ2) is 8.95. The molecule has 3 rings (SSSR count). The van der Waals surface area contributed by atoms with E-state index in [4.69, 9.17) is 28.1 Å². The minimum Gasteiger partial charge on any atom is -0.338 e. The zero-order chi connectivity index (χ0) is 30.9. The van der Waals surface area contributed by atoms with Gasteiger partial charge in [0.1, 0.15) is 17.3 Å². The molecule has 1 aromatic heterocycles. The van der Waals surface area contributed by atoms with Crippen molar-refractivity contribution in [2.75, 3.05) is 13.0 Å². The topological polar surface area (TPSA) is 46.1 Å². The van der Waals surface area contributed by atoms with Gasteiger partial charge in [-0.1, -0.05) is 18.5 Å². The summed E-state index contributed by atoms with van der Waals surface area (Å²) in [6.45, 7) is -6.75. The number of hydrogen-bond donors (Lipinski definition) is 0. The van der Waals surface area contributed by atoms with Gasteiger partial charge in [-0.15, -0.1) is 0 Å². The van der Waals surface area contributed by atoms with Gasteiger partial charge in [-0.05, 0) is 55.7 Å². The first kappa shape index (κ1) is 10.1. The summed E-state index contributed by atoms with van der Waals surface area (Å²) in [5.74, 6) is -2.82. The molecule has 2 aromatic rings. The van der Waals surface area contributed by atoms with E-state index in [2.05, 4.69) is 9.97 Å².